The van der Waals surface area contributed by atoms with E-state index in [1.54, 1.807) is 23.1 Å². The molecule has 0 aliphatic carbocycles. The highest BCUT2D eigenvalue weighted by Crippen LogP contribution is 2.26. The van der Waals surface area contributed by atoms with Crippen molar-refractivity contribution < 1.29 is 9.59 Å². The maximum Gasteiger partial charge on any atom is 0.255 e. The number of carbonyl (C=O) groups is 2. The van der Waals surface area contributed by atoms with Gasteiger partial charge in [-0.2, -0.15) is 0 Å². The van der Waals surface area contributed by atoms with Gasteiger partial charge in [0.15, 0.2) is 0 Å². The Labute approximate surface area is 158 Å². The van der Waals surface area contributed by atoms with Gasteiger partial charge in [0.25, 0.3) is 5.91 Å². The first kappa shape index (κ1) is 21.9. The molecule has 144 valence electrons. The van der Waals surface area contributed by atoms with Crippen LogP contribution in [0.2, 0.25) is 0 Å². The van der Waals surface area contributed by atoms with Crippen molar-refractivity contribution in [3.63, 3.8) is 0 Å². The second-order valence-electron chi connectivity index (χ2n) is 8.01. The van der Waals surface area contributed by atoms with Crippen molar-refractivity contribution in [2.45, 2.75) is 71.4 Å². The molecule has 1 atom stereocenters. The molecular weight excluding hydrogens is 324 g/mol. The first-order chi connectivity index (χ1) is 12.2. The maximum atomic E-state index is 13.2. The smallest absolute Gasteiger partial charge is 0.255 e. The van der Waals surface area contributed by atoms with Crippen LogP contribution < -0.4 is 5.32 Å². The van der Waals surface area contributed by atoms with Crippen LogP contribution >= 0.6 is 0 Å². The second kappa shape index (κ2) is 9.56. The molecule has 1 N–H and O–H groups in total. The van der Waals surface area contributed by atoms with Gasteiger partial charge in [-0.25, -0.2) is 0 Å². The molecule has 1 rings (SSSR count). The molecule has 0 radical (unpaired) electrons. The summed E-state index contributed by atoms with van der Waals surface area (Å²) in [5.41, 5.74) is -0.706. The zero-order valence-corrected chi connectivity index (χ0v) is 17.0. The summed E-state index contributed by atoms with van der Waals surface area (Å²) in [6, 6.07) is 9.12. The molecule has 2 amide bonds. The highest BCUT2D eigenvalue weighted by atomic mass is 16.2. The molecule has 0 aliphatic rings. The zero-order chi connectivity index (χ0) is 19.8. The largest absolute Gasteiger partial charge is 0.349 e. The summed E-state index contributed by atoms with van der Waals surface area (Å²) in [5, 5.41) is 3.06. The third-order valence-electron chi connectivity index (χ3n) is 4.42. The Balaban J connectivity index is 3.25. The molecule has 0 saturated carbocycles. The number of hydrogen-bond acceptors (Lipinski definition) is 2. The topological polar surface area (TPSA) is 49.4 Å². The van der Waals surface area contributed by atoms with Gasteiger partial charge < -0.3 is 10.2 Å². The molecule has 4 nitrogen and oxygen atoms in total. The Kier molecular flexibility index (Phi) is 8.07. The minimum Gasteiger partial charge on any atom is -0.349 e. The quantitative estimate of drug-likeness (QED) is 0.519. The third kappa shape index (κ3) is 6.01. The van der Waals surface area contributed by atoms with Crippen LogP contribution in [0, 0.1) is 0 Å². The highest BCUT2D eigenvalue weighted by molar-refractivity contribution is 5.99. The lowest BCUT2D eigenvalue weighted by Crippen LogP contribution is -2.61. The van der Waals surface area contributed by atoms with Crippen LogP contribution in [0.4, 0.5) is 0 Å². The average molecular weight is 359 g/mol. The second-order valence-corrected chi connectivity index (χ2v) is 8.01. The number of rotatable bonds is 9. The van der Waals surface area contributed by atoms with E-state index in [1.807, 2.05) is 45.9 Å². The van der Waals surface area contributed by atoms with Gasteiger partial charge in [0.2, 0.25) is 5.91 Å². The van der Waals surface area contributed by atoms with E-state index >= 15 is 0 Å². The number of amides is 2. The number of nitrogens with zero attached hydrogens (tertiary/aromatic N) is 1. The minimum absolute atomic E-state index is 0.118. The Morgan fingerprint density at radius 2 is 1.73 bits per heavy atom. The van der Waals surface area contributed by atoms with Crippen LogP contribution in [0.25, 0.3) is 0 Å². The van der Waals surface area contributed by atoms with Gasteiger partial charge in [0.1, 0.15) is 5.54 Å². The predicted octanol–water partition coefficient (Wildman–Crippen LogP) is 4.57. The number of hydrogen-bond donors (Lipinski definition) is 1. The lowest BCUT2D eigenvalue weighted by Gasteiger charge is -2.41. The SMILES string of the molecule is C=CCN(C(=O)c1ccccc1)C(C)(CCCCC)C(=O)NC(C)(C)C. The third-order valence-corrected chi connectivity index (χ3v) is 4.42. The first-order valence-electron chi connectivity index (χ1n) is 9.46. The molecule has 0 heterocycles. The van der Waals surface area contributed by atoms with E-state index in [4.69, 9.17) is 0 Å². The van der Waals surface area contributed by atoms with Crippen LogP contribution in [0.3, 0.4) is 0 Å². The lowest BCUT2D eigenvalue weighted by molar-refractivity contribution is -0.133. The minimum atomic E-state index is -0.927. The van der Waals surface area contributed by atoms with Gasteiger partial charge in [-0.05, 0) is 46.2 Å². The van der Waals surface area contributed by atoms with Crippen molar-refractivity contribution in [3.05, 3.63) is 48.6 Å². The van der Waals surface area contributed by atoms with Crippen LogP contribution in [0.15, 0.2) is 43.0 Å². The molecule has 1 aromatic carbocycles. The molecule has 1 unspecified atom stereocenters. The van der Waals surface area contributed by atoms with Crippen LogP contribution in [-0.4, -0.2) is 34.3 Å². The van der Waals surface area contributed by atoms with Crippen LogP contribution in [0.1, 0.15) is 70.7 Å². The van der Waals surface area contributed by atoms with E-state index in [1.165, 1.54) is 0 Å². The zero-order valence-electron chi connectivity index (χ0n) is 17.0. The number of unbranched alkanes of at least 4 members (excludes halogenated alkanes) is 2. The Hall–Kier alpha value is -2.10. The van der Waals surface area contributed by atoms with Crippen molar-refractivity contribution in [1.82, 2.24) is 10.2 Å². The number of nitrogens with one attached hydrogen (secondary N) is 1. The van der Waals surface area contributed by atoms with Crippen LogP contribution in [0.5, 0.6) is 0 Å². The summed E-state index contributed by atoms with van der Waals surface area (Å²) < 4.78 is 0. The summed E-state index contributed by atoms with van der Waals surface area (Å²) in [6.07, 6.45) is 5.28. The van der Waals surface area contributed by atoms with E-state index < -0.39 is 5.54 Å². The molecule has 0 aromatic heterocycles. The fourth-order valence-corrected chi connectivity index (χ4v) is 2.94. The summed E-state index contributed by atoms with van der Waals surface area (Å²) >= 11 is 0. The average Bonchev–Trinajstić information content (AvgIpc) is 2.58. The monoisotopic (exact) mass is 358 g/mol. The summed E-state index contributed by atoms with van der Waals surface area (Å²) in [6.45, 7) is 14.0. The molecule has 0 saturated heterocycles. The number of carbonyl (C=O) groups excluding carboxylic acids is 2. The van der Waals surface area contributed by atoms with Gasteiger partial charge in [-0.15, -0.1) is 6.58 Å². The van der Waals surface area contributed by atoms with E-state index in [9.17, 15) is 9.59 Å². The maximum absolute atomic E-state index is 13.2. The fraction of sp³-hybridized carbons (Fsp3) is 0.545. The molecule has 4 heteroatoms. The lowest BCUT2D eigenvalue weighted by atomic mass is 9.89. The highest BCUT2D eigenvalue weighted by Gasteiger charge is 2.42. The van der Waals surface area contributed by atoms with Gasteiger partial charge in [0.05, 0.1) is 0 Å². The predicted molar refractivity (Wildman–Crippen MR) is 108 cm³/mol. The Morgan fingerprint density at radius 1 is 1.12 bits per heavy atom. The van der Waals surface area contributed by atoms with E-state index in [-0.39, 0.29) is 17.4 Å². The summed E-state index contributed by atoms with van der Waals surface area (Å²) in [7, 11) is 0. The van der Waals surface area contributed by atoms with Crippen LogP contribution in [-0.2, 0) is 4.79 Å². The standard InChI is InChI=1S/C22H34N2O2/c1-7-9-13-16-22(6,20(26)23-21(3,4)5)24(17-8-2)19(25)18-14-11-10-12-15-18/h8,10-12,14-15H,2,7,9,13,16-17H2,1,3-6H3,(H,23,26). The van der Waals surface area contributed by atoms with Gasteiger partial charge >= 0.3 is 0 Å². The molecular formula is C22H34N2O2. The van der Waals surface area contributed by atoms with Gasteiger partial charge in [0, 0.05) is 17.6 Å². The van der Waals surface area contributed by atoms with E-state index in [2.05, 4.69) is 18.8 Å². The molecule has 0 fully saturated rings. The fourth-order valence-electron chi connectivity index (χ4n) is 2.94. The van der Waals surface area contributed by atoms with Crippen molar-refractivity contribution in [3.8, 4) is 0 Å². The van der Waals surface area contributed by atoms with Crippen molar-refractivity contribution in [2.24, 2.45) is 0 Å². The summed E-state index contributed by atoms with van der Waals surface area (Å²) in [4.78, 5) is 28.0. The Morgan fingerprint density at radius 3 is 2.23 bits per heavy atom. The molecule has 0 spiro atoms. The molecule has 0 bridgehead atoms. The van der Waals surface area contributed by atoms with Crippen molar-refractivity contribution >= 4 is 11.8 Å². The molecule has 1 aromatic rings. The molecule has 0 aliphatic heterocycles. The van der Waals surface area contributed by atoms with Gasteiger partial charge in [-0.1, -0.05) is 50.5 Å². The van der Waals surface area contributed by atoms with Crippen molar-refractivity contribution in [2.75, 3.05) is 6.54 Å². The summed E-state index contributed by atoms with van der Waals surface area (Å²) in [5.74, 6) is -0.263. The Bertz CT molecular complexity index is 604. The number of benzene rings is 1. The van der Waals surface area contributed by atoms with Gasteiger partial charge in [-0.3, -0.25) is 9.59 Å². The first-order valence-corrected chi connectivity index (χ1v) is 9.46. The van der Waals surface area contributed by atoms with E-state index in [0.717, 1.165) is 19.3 Å². The van der Waals surface area contributed by atoms with Crippen molar-refractivity contribution in [1.29, 1.82) is 0 Å². The molecule has 26 heavy (non-hydrogen) atoms. The van der Waals surface area contributed by atoms with E-state index in [0.29, 0.717) is 18.5 Å². The normalized spacial score (nSPS) is 13.6.